The van der Waals surface area contributed by atoms with Crippen LogP contribution in [0.1, 0.15) is 11.4 Å². The molecule has 0 aliphatic carbocycles. The molecule has 0 N–H and O–H groups in total. The average molecular weight is 94.1 g/mol. The third-order valence-electron chi connectivity index (χ3n) is 0.541. The summed E-state index contributed by atoms with van der Waals surface area (Å²) in [6.07, 6.45) is 0. The van der Waals surface area contributed by atoms with Crippen LogP contribution in [0.3, 0.4) is 0 Å². The normalized spacial score (nSPS) is 9.43. The molecular weight excluding hydrogens is 92.1 g/mol. The molecule has 3 nitrogen and oxygen atoms in total. The van der Waals surface area contributed by atoms with Gasteiger partial charge in [0, 0.05) is 13.8 Å². The topological polar surface area (TPSA) is 38.9 Å². The molecule has 0 spiro atoms. The predicted octanol–water partition coefficient (Wildman–Crippen LogP) is 0.188. The SMILES string of the molecule is [CH]c1nonc1[CH]. The van der Waals surface area contributed by atoms with Crippen molar-refractivity contribution in [3.63, 3.8) is 0 Å². The molecule has 0 aromatic carbocycles. The van der Waals surface area contributed by atoms with Gasteiger partial charge < -0.3 is 0 Å². The van der Waals surface area contributed by atoms with Gasteiger partial charge in [0.1, 0.15) is 11.4 Å². The molecule has 0 fully saturated rings. The predicted molar refractivity (Wildman–Crippen MR) is 21.1 cm³/mol. The van der Waals surface area contributed by atoms with E-state index in [0.717, 1.165) is 0 Å². The van der Waals surface area contributed by atoms with E-state index in [-0.39, 0.29) is 11.4 Å². The molecule has 1 aromatic heterocycles. The van der Waals surface area contributed by atoms with E-state index in [1.165, 1.54) is 0 Å². The van der Waals surface area contributed by atoms with Crippen LogP contribution in [0.5, 0.6) is 0 Å². The van der Waals surface area contributed by atoms with Gasteiger partial charge in [-0.1, -0.05) is 10.3 Å². The lowest BCUT2D eigenvalue weighted by Gasteiger charge is -1.69. The van der Waals surface area contributed by atoms with Gasteiger partial charge in [-0.3, -0.25) is 0 Å². The summed E-state index contributed by atoms with van der Waals surface area (Å²) in [6, 6.07) is 0. The number of rotatable bonds is 0. The van der Waals surface area contributed by atoms with E-state index in [2.05, 4.69) is 14.9 Å². The van der Waals surface area contributed by atoms with E-state index in [4.69, 9.17) is 13.8 Å². The molecule has 0 saturated carbocycles. The Labute approximate surface area is 41.3 Å². The van der Waals surface area contributed by atoms with Crippen molar-refractivity contribution < 1.29 is 4.63 Å². The second-order valence-corrected chi connectivity index (χ2v) is 1.03. The van der Waals surface area contributed by atoms with Crippen molar-refractivity contribution >= 4 is 0 Å². The molecule has 34 valence electrons. The van der Waals surface area contributed by atoms with E-state index in [1.807, 2.05) is 0 Å². The summed E-state index contributed by atoms with van der Waals surface area (Å²) in [7, 11) is 0. The second-order valence-electron chi connectivity index (χ2n) is 1.03. The van der Waals surface area contributed by atoms with Crippen LogP contribution in [0.15, 0.2) is 4.63 Å². The Kier molecular flexibility index (Phi) is 0.817. The van der Waals surface area contributed by atoms with Crippen LogP contribution in [0.25, 0.3) is 0 Å². The van der Waals surface area contributed by atoms with E-state index in [0.29, 0.717) is 0 Å². The van der Waals surface area contributed by atoms with Crippen molar-refractivity contribution in [2.24, 2.45) is 0 Å². The van der Waals surface area contributed by atoms with Gasteiger partial charge in [0.05, 0.1) is 0 Å². The Morgan fingerprint density at radius 2 is 1.57 bits per heavy atom. The molecule has 1 rings (SSSR count). The monoisotopic (exact) mass is 94.0 g/mol. The molecule has 7 heavy (non-hydrogen) atoms. The standard InChI is InChI=1S/C4H2N2O/c1-3-4(2)6-7-5-3/h1-2H. The van der Waals surface area contributed by atoms with Crippen LogP contribution >= 0.6 is 0 Å². The molecule has 0 aliphatic rings. The number of hydrogen-bond acceptors (Lipinski definition) is 3. The summed E-state index contributed by atoms with van der Waals surface area (Å²) in [6.45, 7) is 10.1. The highest BCUT2D eigenvalue weighted by atomic mass is 16.6. The summed E-state index contributed by atoms with van der Waals surface area (Å²) in [5, 5.41) is 6.37. The van der Waals surface area contributed by atoms with Crippen LogP contribution in [0.4, 0.5) is 0 Å². The molecule has 0 unspecified atom stereocenters. The van der Waals surface area contributed by atoms with Crippen LogP contribution in [-0.4, -0.2) is 10.3 Å². The molecule has 0 amide bonds. The van der Waals surface area contributed by atoms with Gasteiger partial charge >= 0.3 is 0 Å². The van der Waals surface area contributed by atoms with Crippen LogP contribution in [-0.2, 0) is 0 Å². The first kappa shape index (κ1) is 4.30. The first-order valence-corrected chi connectivity index (χ1v) is 1.64. The highest BCUT2D eigenvalue weighted by Crippen LogP contribution is 1.94. The minimum absolute atomic E-state index is 0.139. The van der Waals surface area contributed by atoms with Gasteiger partial charge in [-0.05, 0) is 0 Å². The molecule has 4 radical (unpaired) electrons. The zero-order valence-electron chi connectivity index (χ0n) is 3.46. The Morgan fingerprint density at radius 1 is 1.14 bits per heavy atom. The Bertz CT molecular complexity index is 142. The smallest absolute Gasteiger partial charge is 0.113 e. The van der Waals surface area contributed by atoms with Gasteiger partial charge in [-0.25, -0.2) is 4.63 Å². The fourth-order valence-corrected chi connectivity index (χ4v) is 0.202. The number of nitrogens with zero attached hydrogens (tertiary/aromatic N) is 2. The minimum atomic E-state index is 0.139. The summed E-state index contributed by atoms with van der Waals surface area (Å²) < 4.78 is 4.09. The lowest BCUT2D eigenvalue weighted by molar-refractivity contribution is 0.304. The van der Waals surface area contributed by atoms with E-state index < -0.39 is 0 Å². The van der Waals surface area contributed by atoms with Crippen molar-refractivity contribution in [1.82, 2.24) is 10.3 Å². The summed E-state index contributed by atoms with van der Waals surface area (Å²) in [5.74, 6) is 0. The third-order valence-corrected chi connectivity index (χ3v) is 0.541. The quantitative estimate of drug-likeness (QED) is 0.460. The number of aromatic nitrogens is 2. The minimum Gasteiger partial charge on any atom is -0.244 e. The highest BCUT2D eigenvalue weighted by molar-refractivity contribution is 5.12. The molecule has 1 aromatic rings. The van der Waals surface area contributed by atoms with Gasteiger partial charge in [-0.2, -0.15) is 0 Å². The van der Waals surface area contributed by atoms with Crippen molar-refractivity contribution in [2.45, 2.75) is 0 Å². The first-order valence-electron chi connectivity index (χ1n) is 1.64. The zero-order chi connectivity index (χ0) is 5.28. The molecule has 0 saturated heterocycles. The molecule has 3 heteroatoms. The zero-order valence-corrected chi connectivity index (χ0v) is 3.46. The third kappa shape index (κ3) is 0.607. The molecule has 0 bridgehead atoms. The van der Waals surface area contributed by atoms with Crippen molar-refractivity contribution in [3.8, 4) is 0 Å². The lowest BCUT2D eigenvalue weighted by Crippen LogP contribution is -1.71. The molecule has 0 atom stereocenters. The van der Waals surface area contributed by atoms with Crippen molar-refractivity contribution in [1.29, 1.82) is 0 Å². The summed E-state index contributed by atoms with van der Waals surface area (Å²) in [5.41, 5.74) is 0.278. The fourth-order valence-electron chi connectivity index (χ4n) is 0.202. The summed E-state index contributed by atoms with van der Waals surface area (Å²) >= 11 is 0. The van der Waals surface area contributed by atoms with E-state index >= 15 is 0 Å². The Balaban J connectivity index is 3.12. The highest BCUT2D eigenvalue weighted by Gasteiger charge is 1.94. The van der Waals surface area contributed by atoms with Crippen LogP contribution in [0.2, 0.25) is 0 Å². The number of hydrogen-bond donors (Lipinski definition) is 0. The summed E-state index contributed by atoms with van der Waals surface area (Å²) in [4.78, 5) is 0. The average Bonchev–Trinajstić information content (AvgIpc) is 1.91. The van der Waals surface area contributed by atoms with Gasteiger partial charge in [-0.15, -0.1) is 0 Å². The van der Waals surface area contributed by atoms with E-state index in [9.17, 15) is 0 Å². The van der Waals surface area contributed by atoms with Crippen molar-refractivity contribution in [2.75, 3.05) is 0 Å². The maximum atomic E-state index is 5.05. The van der Waals surface area contributed by atoms with E-state index in [1.54, 1.807) is 0 Å². The van der Waals surface area contributed by atoms with Crippen LogP contribution < -0.4 is 0 Å². The van der Waals surface area contributed by atoms with Gasteiger partial charge in [0.2, 0.25) is 0 Å². The Hall–Kier alpha value is -0.860. The van der Waals surface area contributed by atoms with Crippen molar-refractivity contribution in [3.05, 3.63) is 25.2 Å². The fraction of sp³-hybridized carbons (Fsp3) is 0. The Morgan fingerprint density at radius 3 is 1.71 bits per heavy atom. The van der Waals surface area contributed by atoms with Gasteiger partial charge in [0.15, 0.2) is 0 Å². The van der Waals surface area contributed by atoms with Crippen LogP contribution in [0, 0.1) is 13.8 Å². The second kappa shape index (κ2) is 1.33. The molecular formula is C4H2N2O. The molecule has 0 aliphatic heterocycles. The molecule has 1 heterocycles. The maximum absolute atomic E-state index is 5.05. The largest absolute Gasteiger partial charge is 0.244 e. The first-order chi connectivity index (χ1) is 3.30. The van der Waals surface area contributed by atoms with Gasteiger partial charge in [0.25, 0.3) is 0 Å². The maximum Gasteiger partial charge on any atom is 0.113 e. The lowest BCUT2D eigenvalue weighted by atomic mass is 10.4.